The van der Waals surface area contributed by atoms with E-state index in [1.165, 1.54) is 6.33 Å². The van der Waals surface area contributed by atoms with E-state index in [2.05, 4.69) is 25.5 Å². The molecule has 3 heterocycles. The molecule has 0 unspecified atom stereocenters. The van der Waals surface area contributed by atoms with Crippen molar-refractivity contribution in [2.24, 2.45) is 0 Å². The summed E-state index contributed by atoms with van der Waals surface area (Å²) < 4.78 is 7.09. The fourth-order valence-electron chi connectivity index (χ4n) is 3.01. The first-order valence-corrected chi connectivity index (χ1v) is 8.86. The fraction of sp³-hybridized carbons (Fsp3) is 0. The molecule has 140 valence electrons. The van der Waals surface area contributed by atoms with Crippen molar-refractivity contribution >= 4 is 22.6 Å². The molecule has 29 heavy (non-hydrogen) atoms. The Hall–Kier alpha value is -4.33. The van der Waals surface area contributed by atoms with E-state index in [0.717, 1.165) is 10.9 Å². The lowest BCUT2D eigenvalue weighted by Crippen LogP contribution is -2.13. The van der Waals surface area contributed by atoms with Crippen molar-refractivity contribution in [3.8, 4) is 17.1 Å². The van der Waals surface area contributed by atoms with Gasteiger partial charge in [-0.15, -0.1) is 0 Å². The molecule has 8 heteroatoms. The smallest absolute Gasteiger partial charge is 0.256 e. The molecule has 0 saturated heterocycles. The molecule has 0 aliphatic heterocycles. The molecule has 0 aliphatic rings. The van der Waals surface area contributed by atoms with Crippen LogP contribution in [-0.4, -0.2) is 30.8 Å². The molecule has 0 fully saturated rings. The number of fused-ring (bicyclic) bond motifs is 1. The maximum Gasteiger partial charge on any atom is 0.256 e. The first kappa shape index (κ1) is 16.8. The minimum absolute atomic E-state index is 0.294. The van der Waals surface area contributed by atoms with Gasteiger partial charge in [-0.2, -0.15) is 5.10 Å². The summed E-state index contributed by atoms with van der Waals surface area (Å²) in [6, 6.07) is 18.3. The molecule has 0 bridgehead atoms. The Labute approximate surface area is 164 Å². The van der Waals surface area contributed by atoms with Crippen LogP contribution in [0.25, 0.3) is 28.0 Å². The largest absolute Gasteiger partial charge is 0.355 e. The highest BCUT2D eigenvalue weighted by Gasteiger charge is 2.14. The molecule has 0 spiro atoms. The standard InChI is InChI=1S/C21H14N6O2/c28-21(25-18-12-19(23-13-22-18)27-10-4-9-24-27)15-7-8-17-16(11-15)20(29-26-17)14-5-2-1-3-6-14/h1-13H,(H,22,23,25,28). The molecule has 0 atom stereocenters. The van der Waals surface area contributed by atoms with Gasteiger partial charge < -0.3 is 9.84 Å². The van der Waals surface area contributed by atoms with E-state index in [9.17, 15) is 4.79 Å². The van der Waals surface area contributed by atoms with E-state index >= 15 is 0 Å². The van der Waals surface area contributed by atoms with Crippen LogP contribution in [0.3, 0.4) is 0 Å². The number of carbonyl (C=O) groups excluding carboxylic acids is 1. The average Bonchev–Trinajstić information content (AvgIpc) is 3.44. The average molecular weight is 382 g/mol. The second-order valence-corrected chi connectivity index (χ2v) is 6.28. The van der Waals surface area contributed by atoms with Crippen molar-refractivity contribution in [3.63, 3.8) is 0 Å². The van der Waals surface area contributed by atoms with Crippen molar-refractivity contribution < 1.29 is 9.32 Å². The Kier molecular flexibility index (Phi) is 4.06. The lowest BCUT2D eigenvalue weighted by atomic mass is 10.1. The third-order valence-corrected chi connectivity index (χ3v) is 4.41. The number of hydrogen-bond donors (Lipinski definition) is 1. The lowest BCUT2D eigenvalue weighted by molar-refractivity contribution is 0.102. The molecule has 1 N–H and O–H groups in total. The van der Waals surface area contributed by atoms with Crippen molar-refractivity contribution in [2.75, 3.05) is 5.32 Å². The number of rotatable bonds is 4. The number of nitrogens with one attached hydrogen (secondary N) is 1. The van der Waals surface area contributed by atoms with Crippen LogP contribution in [0, 0.1) is 0 Å². The molecule has 0 radical (unpaired) electrons. The van der Waals surface area contributed by atoms with Crippen molar-refractivity contribution in [2.45, 2.75) is 0 Å². The van der Waals surface area contributed by atoms with Gasteiger partial charge in [-0.1, -0.05) is 35.5 Å². The molecule has 5 aromatic rings. The van der Waals surface area contributed by atoms with Gasteiger partial charge in [-0.3, -0.25) is 4.79 Å². The maximum absolute atomic E-state index is 12.8. The van der Waals surface area contributed by atoms with E-state index < -0.39 is 0 Å². The van der Waals surface area contributed by atoms with E-state index in [-0.39, 0.29) is 5.91 Å². The zero-order valence-corrected chi connectivity index (χ0v) is 15.1. The van der Waals surface area contributed by atoms with Gasteiger partial charge in [0.15, 0.2) is 11.6 Å². The summed E-state index contributed by atoms with van der Waals surface area (Å²) in [4.78, 5) is 21.1. The zero-order chi connectivity index (χ0) is 19.6. The van der Waals surface area contributed by atoms with E-state index in [4.69, 9.17) is 4.52 Å². The van der Waals surface area contributed by atoms with Crippen LogP contribution >= 0.6 is 0 Å². The van der Waals surface area contributed by atoms with Crippen LogP contribution in [0.15, 0.2) is 83.9 Å². The van der Waals surface area contributed by atoms with Crippen LogP contribution in [0.1, 0.15) is 10.4 Å². The predicted molar refractivity (Wildman–Crippen MR) is 107 cm³/mol. The Morgan fingerprint density at radius 3 is 2.72 bits per heavy atom. The zero-order valence-electron chi connectivity index (χ0n) is 15.1. The molecule has 2 aromatic carbocycles. The Morgan fingerprint density at radius 2 is 1.90 bits per heavy atom. The highest BCUT2D eigenvalue weighted by molar-refractivity contribution is 6.07. The molecule has 3 aromatic heterocycles. The second-order valence-electron chi connectivity index (χ2n) is 6.28. The van der Waals surface area contributed by atoms with Gasteiger partial charge in [0.05, 0.1) is 5.39 Å². The highest BCUT2D eigenvalue weighted by atomic mass is 16.5. The number of amides is 1. The van der Waals surface area contributed by atoms with E-state index in [1.54, 1.807) is 47.4 Å². The summed E-state index contributed by atoms with van der Waals surface area (Å²) in [5, 5.41) is 11.8. The topological polar surface area (TPSA) is 98.7 Å². The van der Waals surface area contributed by atoms with Crippen LogP contribution in [0.4, 0.5) is 5.82 Å². The number of hydrogen-bond acceptors (Lipinski definition) is 6. The molecule has 0 aliphatic carbocycles. The molecule has 8 nitrogen and oxygen atoms in total. The fourth-order valence-corrected chi connectivity index (χ4v) is 3.01. The van der Waals surface area contributed by atoms with Crippen molar-refractivity contribution in [1.82, 2.24) is 24.9 Å². The Balaban J connectivity index is 1.45. The van der Waals surface area contributed by atoms with Gasteiger partial charge in [0.25, 0.3) is 5.91 Å². The first-order chi connectivity index (χ1) is 14.3. The normalized spacial score (nSPS) is 10.9. The third-order valence-electron chi connectivity index (χ3n) is 4.41. The predicted octanol–water partition coefficient (Wildman–Crippen LogP) is 3.72. The van der Waals surface area contributed by atoms with Gasteiger partial charge in [0, 0.05) is 29.6 Å². The summed E-state index contributed by atoms with van der Waals surface area (Å²) in [7, 11) is 0. The number of carbonyl (C=O) groups is 1. The second kappa shape index (κ2) is 7.01. The van der Waals surface area contributed by atoms with Crippen LogP contribution in [0.2, 0.25) is 0 Å². The molecule has 1 amide bonds. The van der Waals surface area contributed by atoms with Crippen LogP contribution < -0.4 is 5.32 Å². The van der Waals surface area contributed by atoms with Gasteiger partial charge in [-0.05, 0) is 24.3 Å². The monoisotopic (exact) mass is 382 g/mol. The first-order valence-electron chi connectivity index (χ1n) is 8.86. The summed E-state index contributed by atoms with van der Waals surface area (Å²) in [6.45, 7) is 0. The van der Waals surface area contributed by atoms with Crippen molar-refractivity contribution in [1.29, 1.82) is 0 Å². The quantitative estimate of drug-likeness (QED) is 0.509. The SMILES string of the molecule is O=C(Nc1cc(-n2cccn2)ncn1)c1ccc2noc(-c3ccccc3)c2c1. The van der Waals surface area contributed by atoms with E-state index in [1.807, 2.05) is 30.3 Å². The van der Waals surface area contributed by atoms with E-state index in [0.29, 0.717) is 28.5 Å². The number of aromatic nitrogens is 5. The van der Waals surface area contributed by atoms with Gasteiger partial charge >= 0.3 is 0 Å². The Bertz CT molecular complexity index is 1300. The third kappa shape index (κ3) is 3.23. The maximum atomic E-state index is 12.8. The summed E-state index contributed by atoms with van der Waals surface area (Å²) in [6.07, 6.45) is 4.79. The summed E-state index contributed by atoms with van der Waals surface area (Å²) in [5.41, 5.74) is 2.05. The van der Waals surface area contributed by atoms with Crippen molar-refractivity contribution in [3.05, 3.63) is 84.9 Å². The van der Waals surface area contributed by atoms with Gasteiger partial charge in [-0.25, -0.2) is 14.6 Å². The molecular weight excluding hydrogens is 368 g/mol. The van der Waals surface area contributed by atoms with Gasteiger partial charge in [0.1, 0.15) is 17.7 Å². The number of nitrogens with zero attached hydrogens (tertiary/aromatic N) is 5. The number of anilines is 1. The lowest BCUT2D eigenvalue weighted by Gasteiger charge is -2.06. The van der Waals surface area contributed by atoms with Crippen LogP contribution in [-0.2, 0) is 0 Å². The van der Waals surface area contributed by atoms with Gasteiger partial charge in [0.2, 0.25) is 0 Å². The molecule has 5 rings (SSSR count). The minimum atomic E-state index is -0.294. The Morgan fingerprint density at radius 1 is 1.00 bits per heavy atom. The highest BCUT2D eigenvalue weighted by Crippen LogP contribution is 2.29. The molecule has 0 saturated carbocycles. The van der Waals surface area contributed by atoms with Crippen LogP contribution in [0.5, 0.6) is 0 Å². The minimum Gasteiger partial charge on any atom is -0.355 e. The molecular formula is C21H14N6O2. The summed E-state index contributed by atoms with van der Waals surface area (Å²) >= 11 is 0. The summed E-state index contributed by atoms with van der Waals surface area (Å²) in [5.74, 6) is 1.26. The number of benzene rings is 2.